The molecule has 3 N–H and O–H groups in total. The molecule has 3 aromatic rings. The molecule has 3 heterocycles. The number of carbonyl (C=O) groups is 1. The van der Waals surface area contributed by atoms with Crippen LogP contribution in [0.1, 0.15) is 65.0 Å². The molecule has 1 amide bonds. The lowest BCUT2D eigenvalue weighted by Crippen LogP contribution is -2.37. The summed E-state index contributed by atoms with van der Waals surface area (Å²) in [6.07, 6.45) is 2.27. The van der Waals surface area contributed by atoms with E-state index in [1.54, 1.807) is 30.3 Å². The van der Waals surface area contributed by atoms with Gasteiger partial charge in [0.05, 0.1) is 16.9 Å². The van der Waals surface area contributed by atoms with Crippen molar-refractivity contribution in [1.82, 2.24) is 30.3 Å². The summed E-state index contributed by atoms with van der Waals surface area (Å²) in [5, 5.41) is 37.1. The van der Waals surface area contributed by atoms with Crippen molar-refractivity contribution in [3.63, 3.8) is 0 Å². The van der Waals surface area contributed by atoms with Gasteiger partial charge in [0.2, 0.25) is 5.91 Å². The molecular formula is C27H36N8O6S. The highest BCUT2D eigenvalue weighted by Crippen LogP contribution is 2.47. The maximum Gasteiger partial charge on any atom is 0.270 e. The second kappa shape index (κ2) is 12.4. The van der Waals surface area contributed by atoms with Crippen LogP contribution >= 0.6 is 11.8 Å². The number of nitro benzene ring substituents is 1. The molecule has 226 valence electrons. The van der Waals surface area contributed by atoms with E-state index in [-0.39, 0.29) is 29.5 Å². The number of phenolic OH excluding ortho intramolecular Hbond substituents is 1. The highest BCUT2D eigenvalue weighted by molar-refractivity contribution is 7.99. The fraction of sp³-hybridized carbons (Fsp3) is 0.593. The van der Waals surface area contributed by atoms with Gasteiger partial charge in [0.25, 0.3) is 5.69 Å². The summed E-state index contributed by atoms with van der Waals surface area (Å²) in [5.74, 6) is -0.505. The first kappa shape index (κ1) is 29.9. The number of nitrogens with zero attached hydrogens (tertiary/aromatic N) is 6. The number of anilines is 1. The zero-order valence-electron chi connectivity index (χ0n) is 24.1. The summed E-state index contributed by atoms with van der Waals surface area (Å²) in [6, 6.07) is 3.30. The Kier molecular flexibility index (Phi) is 8.80. The van der Waals surface area contributed by atoms with E-state index < -0.39 is 34.9 Å². The van der Waals surface area contributed by atoms with Crippen LogP contribution in [0.5, 0.6) is 5.75 Å². The number of nitro groups is 1. The van der Waals surface area contributed by atoms with Crippen molar-refractivity contribution in [2.45, 2.75) is 89.1 Å². The Bertz CT molecular complexity index is 1470. The zero-order valence-corrected chi connectivity index (χ0v) is 24.9. The van der Waals surface area contributed by atoms with Crippen LogP contribution in [0.25, 0.3) is 11.2 Å². The minimum absolute atomic E-state index is 0.0839. The molecule has 15 heteroatoms. The van der Waals surface area contributed by atoms with Gasteiger partial charge in [0.1, 0.15) is 18.0 Å². The second-order valence-electron chi connectivity index (χ2n) is 11.0. The van der Waals surface area contributed by atoms with Crippen molar-refractivity contribution in [3.8, 4) is 5.75 Å². The fourth-order valence-corrected chi connectivity index (χ4v) is 6.08. The van der Waals surface area contributed by atoms with Crippen LogP contribution in [-0.2, 0) is 20.8 Å². The number of unbranched alkanes of at least 4 members (excludes halogenated alkanes) is 1. The lowest BCUT2D eigenvalue weighted by Gasteiger charge is -2.23. The molecular weight excluding hydrogens is 564 g/mol. The number of aromatic hydroxyl groups is 1. The first-order valence-electron chi connectivity index (χ1n) is 14.2. The normalized spacial score (nSPS) is 22.8. The molecule has 4 atom stereocenters. The number of rotatable bonds is 12. The summed E-state index contributed by atoms with van der Waals surface area (Å²) in [6.45, 7) is 8.48. The molecule has 2 aromatic heterocycles. The number of non-ortho nitro benzene ring substituents is 1. The van der Waals surface area contributed by atoms with Crippen LogP contribution in [0.3, 0.4) is 0 Å². The average Bonchev–Trinajstić information content (AvgIpc) is 3.61. The molecule has 0 radical (unpaired) electrons. The van der Waals surface area contributed by atoms with Crippen LogP contribution in [0, 0.1) is 16.0 Å². The highest BCUT2D eigenvalue weighted by Gasteiger charge is 2.57. The summed E-state index contributed by atoms with van der Waals surface area (Å²) < 4.78 is 14.2. The minimum Gasteiger partial charge on any atom is -0.508 e. The van der Waals surface area contributed by atoms with E-state index in [1.807, 2.05) is 0 Å². The Balaban J connectivity index is 1.43. The quantitative estimate of drug-likeness (QED) is 0.0897. The molecule has 1 saturated heterocycles. The van der Waals surface area contributed by atoms with E-state index in [9.17, 15) is 20.0 Å². The SMILES string of the molecule is CCCCNc1nc(SCCC)nc2c1nnn2[C@@H]1C[C@H](C(=O)NCc2cc([N+](=O)[O-])ccc2O)[C@H]2OC(C)(C)O[C@H]21. The molecule has 2 aliphatic rings. The van der Waals surface area contributed by atoms with Gasteiger partial charge in [-0.15, -0.1) is 5.10 Å². The Morgan fingerprint density at radius 1 is 1.24 bits per heavy atom. The summed E-state index contributed by atoms with van der Waals surface area (Å²) in [7, 11) is 0. The van der Waals surface area contributed by atoms with E-state index >= 15 is 0 Å². The number of fused-ring (bicyclic) bond motifs is 2. The largest absolute Gasteiger partial charge is 0.508 e. The van der Waals surface area contributed by atoms with Gasteiger partial charge in [-0.05, 0) is 39.2 Å². The van der Waals surface area contributed by atoms with Crippen LogP contribution in [0.2, 0.25) is 0 Å². The standard InChI is InChI=1S/C27H36N8O6S/c1-5-7-10-28-23-20-24(31-26(30-23)42-11-6-2)34(33-32-20)18-13-17(21-22(18)41-27(3,4)40-21)25(37)29-14-15-12-16(35(38)39)8-9-19(15)36/h8-9,12,17-18,21-22,36H,5-7,10-11,13-14H2,1-4H3,(H,29,37)(H,28,30,31)/t17-,18+,21+,22-/m0/s1. The number of ether oxygens (including phenoxy) is 2. The number of nitrogens with one attached hydrogen (secondary N) is 2. The predicted molar refractivity (Wildman–Crippen MR) is 155 cm³/mol. The summed E-state index contributed by atoms with van der Waals surface area (Å²) in [5.41, 5.74) is 1.18. The third-order valence-corrected chi connectivity index (χ3v) is 8.43. The second-order valence-corrected chi connectivity index (χ2v) is 12.0. The summed E-state index contributed by atoms with van der Waals surface area (Å²) >= 11 is 1.56. The number of hydrogen-bond acceptors (Lipinski definition) is 12. The van der Waals surface area contributed by atoms with Gasteiger partial charge in [-0.2, -0.15) is 0 Å². The molecule has 1 aliphatic heterocycles. The van der Waals surface area contributed by atoms with Crippen LogP contribution in [0.15, 0.2) is 23.4 Å². The van der Waals surface area contributed by atoms with Gasteiger partial charge >= 0.3 is 0 Å². The highest BCUT2D eigenvalue weighted by atomic mass is 32.2. The van der Waals surface area contributed by atoms with Gasteiger partial charge in [-0.3, -0.25) is 14.9 Å². The monoisotopic (exact) mass is 600 g/mol. The molecule has 14 nitrogen and oxygen atoms in total. The van der Waals surface area contributed by atoms with E-state index in [0.717, 1.165) is 31.6 Å². The molecule has 0 spiro atoms. The molecule has 0 bridgehead atoms. The van der Waals surface area contributed by atoms with Gasteiger partial charge in [0, 0.05) is 36.5 Å². The number of benzene rings is 1. The lowest BCUT2D eigenvalue weighted by atomic mass is 10.0. The van der Waals surface area contributed by atoms with Crippen LogP contribution < -0.4 is 10.6 Å². The average molecular weight is 601 g/mol. The van der Waals surface area contributed by atoms with Crippen molar-refractivity contribution in [2.24, 2.45) is 5.92 Å². The van der Waals surface area contributed by atoms with E-state index in [0.29, 0.717) is 28.6 Å². The van der Waals surface area contributed by atoms with Crippen molar-refractivity contribution >= 4 is 40.3 Å². The molecule has 2 fully saturated rings. The first-order valence-corrected chi connectivity index (χ1v) is 15.2. The summed E-state index contributed by atoms with van der Waals surface area (Å²) in [4.78, 5) is 33.6. The van der Waals surface area contributed by atoms with Gasteiger partial charge in [-0.25, -0.2) is 14.6 Å². The Hall–Kier alpha value is -3.56. The topological polar surface area (TPSA) is 179 Å². The van der Waals surface area contributed by atoms with Crippen molar-refractivity contribution < 1.29 is 24.3 Å². The number of amides is 1. The molecule has 0 unspecified atom stereocenters. The maximum absolute atomic E-state index is 13.5. The van der Waals surface area contributed by atoms with Gasteiger partial charge < -0.3 is 25.2 Å². The predicted octanol–water partition coefficient (Wildman–Crippen LogP) is 3.95. The number of carbonyl (C=O) groups excluding carboxylic acids is 1. The van der Waals surface area contributed by atoms with E-state index in [2.05, 4.69) is 34.8 Å². The maximum atomic E-state index is 13.5. The number of hydrogen-bond donors (Lipinski definition) is 3. The molecule has 42 heavy (non-hydrogen) atoms. The Labute approximate surface area is 247 Å². The molecule has 5 rings (SSSR count). The lowest BCUT2D eigenvalue weighted by molar-refractivity contribution is -0.384. The number of thioether (sulfide) groups is 1. The Morgan fingerprint density at radius 3 is 2.76 bits per heavy atom. The van der Waals surface area contributed by atoms with Crippen LogP contribution in [-0.4, -0.2) is 71.2 Å². The molecule has 1 aromatic carbocycles. The Morgan fingerprint density at radius 2 is 2.02 bits per heavy atom. The smallest absolute Gasteiger partial charge is 0.270 e. The van der Waals surface area contributed by atoms with Crippen molar-refractivity contribution in [3.05, 3.63) is 33.9 Å². The van der Waals surface area contributed by atoms with E-state index in [4.69, 9.17) is 19.4 Å². The molecule has 1 aliphatic carbocycles. The third-order valence-electron chi connectivity index (χ3n) is 7.37. The minimum atomic E-state index is -0.925. The first-order chi connectivity index (χ1) is 20.1. The van der Waals surface area contributed by atoms with Crippen LogP contribution in [0.4, 0.5) is 11.5 Å². The van der Waals surface area contributed by atoms with E-state index in [1.165, 1.54) is 18.2 Å². The molecule has 1 saturated carbocycles. The van der Waals surface area contributed by atoms with Gasteiger partial charge in [-0.1, -0.05) is 37.2 Å². The zero-order chi connectivity index (χ0) is 30.0. The van der Waals surface area contributed by atoms with Gasteiger partial charge in [0.15, 0.2) is 27.9 Å². The van der Waals surface area contributed by atoms with Crippen molar-refractivity contribution in [1.29, 1.82) is 0 Å². The van der Waals surface area contributed by atoms with Crippen molar-refractivity contribution in [2.75, 3.05) is 17.6 Å². The number of phenols is 1. The number of aromatic nitrogens is 5. The third kappa shape index (κ3) is 6.13. The fourth-order valence-electron chi connectivity index (χ4n) is 5.39.